The van der Waals surface area contributed by atoms with Crippen molar-refractivity contribution in [2.45, 2.75) is 13.0 Å². The molecule has 0 aromatic rings. The number of carbonyl (C=O) groups is 2. The molecular formula is C7H8NO2. The highest BCUT2D eigenvalue weighted by molar-refractivity contribution is 6.13. The lowest BCUT2D eigenvalue weighted by Crippen LogP contribution is -2.36. The van der Waals surface area contributed by atoms with Crippen molar-refractivity contribution in [3.05, 3.63) is 19.1 Å². The lowest BCUT2D eigenvalue weighted by molar-refractivity contribution is -0.138. The molecule has 1 aliphatic rings. The summed E-state index contributed by atoms with van der Waals surface area (Å²) in [6.07, 6.45) is 2.51. The van der Waals surface area contributed by atoms with Crippen LogP contribution in [0.3, 0.4) is 0 Å². The molecular weight excluding hydrogens is 130 g/mol. The molecule has 1 heterocycles. The summed E-state index contributed by atoms with van der Waals surface area (Å²) >= 11 is 0. The van der Waals surface area contributed by atoms with Gasteiger partial charge in [-0.3, -0.25) is 14.5 Å². The predicted octanol–water partition coefficient (Wildman–Crippen LogP) is 0.134. The van der Waals surface area contributed by atoms with Gasteiger partial charge in [0.05, 0.1) is 0 Å². The fourth-order valence-electron chi connectivity index (χ4n) is 0.846. The Kier molecular flexibility index (Phi) is 1.57. The van der Waals surface area contributed by atoms with E-state index in [-0.39, 0.29) is 17.9 Å². The fraction of sp³-hybridized carbons (Fsp3) is 0.286. The lowest BCUT2D eigenvalue weighted by Gasteiger charge is -2.17. The van der Waals surface area contributed by atoms with Crippen LogP contribution >= 0.6 is 0 Å². The van der Waals surface area contributed by atoms with Gasteiger partial charge in [-0.05, 0) is 13.8 Å². The van der Waals surface area contributed by atoms with Crippen molar-refractivity contribution < 1.29 is 9.59 Å². The maximum atomic E-state index is 10.8. The van der Waals surface area contributed by atoms with Gasteiger partial charge in [-0.15, -0.1) is 0 Å². The number of nitrogens with zero attached hydrogens (tertiary/aromatic N) is 1. The minimum Gasteiger partial charge on any atom is -0.273 e. The Morgan fingerprint density at radius 1 is 1.40 bits per heavy atom. The summed E-state index contributed by atoms with van der Waals surface area (Å²) in [7, 11) is 0. The maximum Gasteiger partial charge on any atom is 0.253 e. The van der Waals surface area contributed by atoms with E-state index in [9.17, 15) is 9.59 Å². The van der Waals surface area contributed by atoms with E-state index in [4.69, 9.17) is 0 Å². The first kappa shape index (κ1) is 6.99. The number of imide groups is 1. The van der Waals surface area contributed by atoms with Gasteiger partial charge in [0.15, 0.2) is 0 Å². The first-order valence-corrected chi connectivity index (χ1v) is 3.01. The molecule has 1 aliphatic heterocycles. The van der Waals surface area contributed by atoms with Gasteiger partial charge >= 0.3 is 0 Å². The molecule has 1 unspecified atom stereocenters. The molecule has 0 saturated heterocycles. The fourth-order valence-corrected chi connectivity index (χ4v) is 0.846. The second-order valence-electron chi connectivity index (χ2n) is 2.23. The number of amides is 2. The van der Waals surface area contributed by atoms with Crippen LogP contribution in [0, 0.1) is 6.92 Å². The average Bonchev–Trinajstić information content (AvgIpc) is 2.11. The first-order chi connectivity index (χ1) is 4.63. The molecule has 0 N–H and O–H groups in total. The molecule has 1 atom stereocenters. The average molecular weight is 138 g/mol. The monoisotopic (exact) mass is 138 g/mol. The Labute approximate surface area is 59.3 Å². The minimum absolute atomic E-state index is 0.271. The normalized spacial score (nSPS) is 17.7. The van der Waals surface area contributed by atoms with Gasteiger partial charge in [0.2, 0.25) is 0 Å². The zero-order valence-corrected chi connectivity index (χ0v) is 5.70. The summed E-state index contributed by atoms with van der Waals surface area (Å²) in [4.78, 5) is 22.7. The number of hydrogen-bond donors (Lipinski definition) is 0. The highest BCUT2D eigenvalue weighted by atomic mass is 16.2. The number of carbonyl (C=O) groups excluding carboxylic acids is 2. The molecule has 2 amide bonds. The molecule has 1 radical (unpaired) electrons. The van der Waals surface area contributed by atoms with E-state index in [1.54, 1.807) is 6.92 Å². The third kappa shape index (κ3) is 0.943. The van der Waals surface area contributed by atoms with E-state index < -0.39 is 0 Å². The molecule has 0 aromatic heterocycles. The molecule has 53 valence electrons. The minimum atomic E-state index is -0.282. The van der Waals surface area contributed by atoms with Crippen LogP contribution in [0.1, 0.15) is 6.92 Å². The van der Waals surface area contributed by atoms with Crippen molar-refractivity contribution >= 4 is 11.8 Å². The summed E-state index contributed by atoms with van der Waals surface area (Å²) in [6.45, 7) is 5.26. The van der Waals surface area contributed by atoms with Crippen LogP contribution in [0.5, 0.6) is 0 Å². The van der Waals surface area contributed by atoms with E-state index in [1.807, 2.05) is 0 Å². The lowest BCUT2D eigenvalue weighted by atomic mass is 10.3. The van der Waals surface area contributed by atoms with Crippen LogP contribution in [0.15, 0.2) is 12.2 Å². The van der Waals surface area contributed by atoms with Crippen molar-refractivity contribution in [1.29, 1.82) is 0 Å². The Morgan fingerprint density at radius 2 is 1.80 bits per heavy atom. The van der Waals surface area contributed by atoms with Crippen LogP contribution in [0.25, 0.3) is 0 Å². The Bertz CT molecular complexity index is 188. The Morgan fingerprint density at radius 3 is 2.00 bits per heavy atom. The molecule has 10 heavy (non-hydrogen) atoms. The third-order valence-electron chi connectivity index (χ3n) is 1.28. The third-order valence-corrected chi connectivity index (χ3v) is 1.28. The maximum absolute atomic E-state index is 10.8. The zero-order valence-electron chi connectivity index (χ0n) is 5.70. The largest absolute Gasteiger partial charge is 0.273 e. The molecule has 3 nitrogen and oxygen atoms in total. The second kappa shape index (κ2) is 2.25. The summed E-state index contributed by atoms with van der Waals surface area (Å²) in [6, 6.07) is -0.282. The standard InChI is InChI=1S/C7H8NO2/c1-5(2)8-6(9)3-4-7(8)10/h3-5H,1H2,2H3. The molecule has 0 aromatic carbocycles. The van der Waals surface area contributed by atoms with Crippen LogP contribution in [0.2, 0.25) is 0 Å². The van der Waals surface area contributed by atoms with Gasteiger partial charge in [0, 0.05) is 18.2 Å². The summed E-state index contributed by atoms with van der Waals surface area (Å²) < 4.78 is 0. The van der Waals surface area contributed by atoms with E-state index in [1.165, 1.54) is 12.2 Å². The van der Waals surface area contributed by atoms with Crippen LogP contribution in [-0.2, 0) is 9.59 Å². The summed E-state index contributed by atoms with van der Waals surface area (Å²) in [5, 5.41) is 0. The van der Waals surface area contributed by atoms with Crippen LogP contribution in [0.4, 0.5) is 0 Å². The molecule has 0 fully saturated rings. The molecule has 0 saturated carbocycles. The number of rotatable bonds is 1. The van der Waals surface area contributed by atoms with Gasteiger partial charge in [0.25, 0.3) is 11.8 Å². The van der Waals surface area contributed by atoms with E-state index >= 15 is 0 Å². The van der Waals surface area contributed by atoms with Gasteiger partial charge in [0.1, 0.15) is 0 Å². The highest BCUT2D eigenvalue weighted by Crippen LogP contribution is 2.06. The summed E-state index contributed by atoms with van der Waals surface area (Å²) in [5.41, 5.74) is 0. The van der Waals surface area contributed by atoms with E-state index in [0.717, 1.165) is 4.90 Å². The first-order valence-electron chi connectivity index (χ1n) is 3.01. The molecule has 3 heteroatoms. The molecule has 0 aliphatic carbocycles. The van der Waals surface area contributed by atoms with Gasteiger partial charge in [-0.2, -0.15) is 0 Å². The Balaban J connectivity index is 2.79. The van der Waals surface area contributed by atoms with Crippen molar-refractivity contribution in [1.82, 2.24) is 4.90 Å². The van der Waals surface area contributed by atoms with E-state index in [2.05, 4.69) is 6.92 Å². The number of hydrogen-bond acceptors (Lipinski definition) is 2. The van der Waals surface area contributed by atoms with Gasteiger partial charge in [-0.1, -0.05) is 0 Å². The SMILES string of the molecule is [CH2]C(C)N1C(=O)C=CC1=O. The van der Waals surface area contributed by atoms with E-state index in [0.29, 0.717) is 0 Å². The Hall–Kier alpha value is -1.12. The zero-order chi connectivity index (χ0) is 7.72. The second-order valence-corrected chi connectivity index (χ2v) is 2.23. The van der Waals surface area contributed by atoms with Crippen molar-refractivity contribution in [2.75, 3.05) is 0 Å². The van der Waals surface area contributed by atoms with Gasteiger partial charge < -0.3 is 0 Å². The van der Waals surface area contributed by atoms with Crippen LogP contribution < -0.4 is 0 Å². The van der Waals surface area contributed by atoms with Crippen LogP contribution in [-0.4, -0.2) is 22.8 Å². The van der Waals surface area contributed by atoms with Crippen molar-refractivity contribution in [3.8, 4) is 0 Å². The predicted molar refractivity (Wildman–Crippen MR) is 35.8 cm³/mol. The quantitative estimate of drug-likeness (QED) is 0.483. The smallest absolute Gasteiger partial charge is 0.253 e. The topological polar surface area (TPSA) is 37.4 Å². The molecule has 0 spiro atoms. The molecule has 1 rings (SSSR count). The summed E-state index contributed by atoms with van der Waals surface area (Å²) in [5.74, 6) is -0.542. The van der Waals surface area contributed by atoms with Crippen molar-refractivity contribution in [2.24, 2.45) is 0 Å². The highest BCUT2D eigenvalue weighted by Gasteiger charge is 2.25. The van der Waals surface area contributed by atoms with Crippen molar-refractivity contribution in [3.63, 3.8) is 0 Å². The van der Waals surface area contributed by atoms with Gasteiger partial charge in [-0.25, -0.2) is 0 Å². The molecule has 0 bridgehead atoms.